The van der Waals surface area contributed by atoms with Gasteiger partial charge in [-0.1, -0.05) is 148 Å². The molecular formula is C51H78N2O6. The van der Waals surface area contributed by atoms with Crippen LogP contribution in [0.3, 0.4) is 0 Å². The Morgan fingerprint density at radius 1 is 0.458 bits per heavy atom. The number of allylic oxidation sites excluding steroid dienone is 22. The lowest BCUT2D eigenvalue weighted by atomic mass is 10.0. The molecule has 0 saturated carbocycles. The molecule has 2 amide bonds. The monoisotopic (exact) mass is 815 g/mol. The molecule has 328 valence electrons. The van der Waals surface area contributed by atoms with E-state index in [4.69, 9.17) is 4.74 Å². The van der Waals surface area contributed by atoms with Gasteiger partial charge in [0.05, 0.1) is 19.1 Å². The summed E-state index contributed by atoms with van der Waals surface area (Å²) in [6.45, 7) is 3.84. The van der Waals surface area contributed by atoms with Crippen LogP contribution in [0.25, 0.3) is 0 Å². The number of hydrogen-bond donors (Lipinski definition) is 4. The molecule has 4 N–H and O–H groups in total. The molecule has 0 aliphatic rings. The lowest BCUT2D eigenvalue weighted by Crippen LogP contribution is -2.34. The molecule has 8 heteroatoms. The topological polar surface area (TPSA) is 125 Å². The predicted molar refractivity (Wildman–Crippen MR) is 249 cm³/mol. The number of esters is 1. The zero-order chi connectivity index (χ0) is 43.1. The Bertz CT molecular complexity index is 1370. The van der Waals surface area contributed by atoms with Gasteiger partial charge in [-0.2, -0.15) is 0 Å². The van der Waals surface area contributed by atoms with Crippen molar-refractivity contribution in [1.82, 2.24) is 10.6 Å². The Balaban J connectivity index is 4.30. The van der Waals surface area contributed by atoms with Crippen LogP contribution < -0.4 is 10.6 Å². The van der Waals surface area contributed by atoms with Crippen LogP contribution in [0, 0.1) is 5.92 Å². The molecule has 0 aromatic rings. The van der Waals surface area contributed by atoms with E-state index >= 15 is 0 Å². The van der Waals surface area contributed by atoms with Gasteiger partial charge in [0.15, 0.2) is 0 Å². The summed E-state index contributed by atoms with van der Waals surface area (Å²) in [4.78, 5) is 37.7. The highest BCUT2D eigenvalue weighted by Crippen LogP contribution is 2.12. The van der Waals surface area contributed by atoms with Gasteiger partial charge in [-0.05, 0) is 103 Å². The Labute approximate surface area is 358 Å². The zero-order valence-electron chi connectivity index (χ0n) is 36.4. The van der Waals surface area contributed by atoms with E-state index in [-0.39, 0.29) is 24.9 Å². The van der Waals surface area contributed by atoms with Crippen LogP contribution in [0.2, 0.25) is 0 Å². The largest absolute Gasteiger partial charge is 0.457 e. The highest BCUT2D eigenvalue weighted by atomic mass is 16.6. The maximum Gasteiger partial charge on any atom is 0.309 e. The highest BCUT2D eigenvalue weighted by Gasteiger charge is 2.23. The van der Waals surface area contributed by atoms with Crippen molar-refractivity contribution in [2.45, 2.75) is 136 Å². The average Bonchev–Trinajstić information content (AvgIpc) is 3.24. The molecule has 0 bridgehead atoms. The summed E-state index contributed by atoms with van der Waals surface area (Å²) in [6, 6.07) is 0. The van der Waals surface area contributed by atoms with Gasteiger partial charge in [-0.3, -0.25) is 14.4 Å². The summed E-state index contributed by atoms with van der Waals surface area (Å²) >= 11 is 0. The minimum atomic E-state index is -1.01. The quantitative estimate of drug-likeness (QED) is 0.0281. The van der Waals surface area contributed by atoms with Crippen molar-refractivity contribution in [1.29, 1.82) is 0 Å². The van der Waals surface area contributed by atoms with Crippen molar-refractivity contribution < 1.29 is 29.3 Å². The van der Waals surface area contributed by atoms with Crippen molar-refractivity contribution in [3.63, 3.8) is 0 Å². The van der Waals surface area contributed by atoms with Crippen molar-refractivity contribution in [2.75, 3.05) is 26.3 Å². The molecule has 0 radical (unpaired) electrons. The molecule has 0 aromatic heterocycles. The maximum absolute atomic E-state index is 12.8. The molecule has 0 saturated heterocycles. The van der Waals surface area contributed by atoms with E-state index in [2.05, 4.69) is 146 Å². The first-order chi connectivity index (χ1) is 29.0. The molecule has 0 heterocycles. The Morgan fingerprint density at radius 2 is 0.780 bits per heavy atom. The van der Waals surface area contributed by atoms with Crippen molar-refractivity contribution in [3.05, 3.63) is 134 Å². The highest BCUT2D eigenvalue weighted by molar-refractivity contribution is 5.77. The van der Waals surface area contributed by atoms with Crippen LogP contribution in [-0.2, 0) is 19.1 Å². The van der Waals surface area contributed by atoms with Gasteiger partial charge in [0.2, 0.25) is 11.8 Å². The normalized spacial score (nSPS) is 13.4. The zero-order valence-corrected chi connectivity index (χ0v) is 36.4. The summed E-state index contributed by atoms with van der Waals surface area (Å²) in [6.07, 6.45) is 60.3. The van der Waals surface area contributed by atoms with Crippen molar-refractivity contribution in [2.24, 2.45) is 5.92 Å². The number of nitrogens with one attached hydrogen (secondary N) is 2. The standard InChI is InChI=1S/C51H78N2O6/c1-3-5-7-9-11-13-15-17-19-21-22-24-26-28-30-32-34-36-38-40-50(57)53-44-42-47(51(58)59-48(45-54)46-55)41-43-52-49(56)39-37-35-33-31-29-27-25-23-20-18-16-14-12-10-8-6-4-2/h5-8,11-14,17-20,22,24-25,27-28,30-31,33-34,36,47-48,54-55H,3-4,9-10,15-16,21,23,26,29,32,35,37-46H2,1-2H3,(H,52,56)(H,53,57)/b7-5-,8-6-,13-11-,14-12-,19-17-,20-18-,24-22-,27-25-,30-28-,33-31-,36-34-. The van der Waals surface area contributed by atoms with Crippen LogP contribution in [0.4, 0.5) is 0 Å². The fourth-order valence-electron chi connectivity index (χ4n) is 5.32. The second-order valence-corrected chi connectivity index (χ2v) is 14.0. The summed E-state index contributed by atoms with van der Waals surface area (Å²) in [5, 5.41) is 24.5. The van der Waals surface area contributed by atoms with E-state index < -0.39 is 31.2 Å². The predicted octanol–water partition coefficient (Wildman–Crippen LogP) is 10.9. The van der Waals surface area contributed by atoms with Crippen molar-refractivity contribution >= 4 is 17.8 Å². The fourth-order valence-corrected chi connectivity index (χ4v) is 5.32. The maximum atomic E-state index is 12.8. The lowest BCUT2D eigenvalue weighted by Gasteiger charge is -2.20. The van der Waals surface area contributed by atoms with Crippen LogP contribution in [-0.4, -0.2) is 60.4 Å². The van der Waals surface area contributed by atoms with Gasteiger partial charge in [-0.15, -0.1) is 0 Å². The smallest absolute Gasteiger partial charge is 0.309 e. The van der Waals surface area contributed by atoms with Crippen molar-refractivity contribution in [3.8, 4) is 0 Å². The molecule has 1 atom stereocenters. The molecule has 1 unspecified atom stereocenters. The number of rotatable bonds is 37. The number of amides is 2. The third-order valence-corrected chi connectivity index (χ3v) is 8.72. The van der Waals surface area contributed by atoms with E-state index in [1.807, 2.05) is 12.2 Å². The van der Waals surface area contributed by atoms with Gasteiger partial charge in [-0.25, -0.2) is 0 Å². The molecular weight excluding hydrogens is 737 g/mol. The first-order valence-electron chi connectivity index (χ1n) is 22.1. The number of aliphatic hydroxyl groups is 2. The summed E-state index contributed by atoms with van der Waals surface area (Å²) in [7, 11) is 0. The van der Waals surface area contributed by atoms with Gasteiger partial charge in [0.25, 0.3) is 0 Å². The molecule has 0 aromatic carbocycles. The number of aliphatic hydroxyl groups excluding tert-OH is 2. The van der Waals surface area contributed by atoms with E-state index in [0.717, 1.165) is 83.5 Å². The van der Waals surface area contributed by atoms with Crippen LogP contribution in [0.1, 0.15) is 129 Å². The minimum absolute atomic E-state index is 0.0873. The minimum Gasteiger partial charge on any atom is -0.457 e. The lowest BCUT2D eigenvalue weighted by molar-refractivity contribution is -0.159. The SMILES string of the molecule is CC/C=C\C/C=C\C/C=C\C/C=C\C/C=C\C/C=C\CCC(=O)NCCC(CCNC(=O)CCC/C=C\C/C=C\C/C=C\C/C=C\C/C=C\CC)C(=O)OC(CO)CO. The summed E-state index contributed by atoms with van der Waals surface area (Å²) in [5.74, 6) is -1.38. The van der Waals surface area contributed by atoms with E-state index in [9.17, 15) is 24.6 Å². The third kappa shape index (κ3) is 40.1. The van der Waals surface area contributed by atoms with E-state index in [1.165, 1.54) is 0 Å². The molecule has 0 spiro atoms. The van der Waals surface area contributed by atoms with Crippen LogP contribution in [0.15, 0.2) is 134 Å². The number of carbonyl (C=O) groups excluding carboxylic acids is 3. The summed E-state index contributed by atoms with van der Waals surface area (Å²) in [5.41, 5.74) is 0. The van der Waals surface area contributed by atoms with Crippen LogP contribution in [0.5, 0.6) is 0 Å². The molecule has 8 nitrogen and oxygen atoms in total. The molecule has 0 aliphatic heterocycles. The second kappa shape index (κ2) is 44.6. The van der Waals surface area contributed by atoms with Gasteiger partial charge in [0, 0.05) is 25.9 Å². The Morgan fingerprint density at radius 3 is 1.14 bits per heavy atom. The Kier molecular flexibility index (Phi) is 41.1. The average molecular weight is 815 g/mol. The second-order valence-electron chi connectivity index (χ2n) is 14.0. The molecule has 0 rings (SSSR count). The van der Waals surface area contributed by atoms with E-state index in [1.54, 1.807) is 0 Å². The Hall–Kier alpha value is -4.53. The van der Waals surface area contributed by atoms with Gasteiger partial charge in [0.1, 0.15) is 6.10 Å². The first-order valence-corrected chi connectivity index (χ1v) is 22.1. The number of ether oxygens (including phenoxy) is 1. The van der Waals surface area contributed by atoms with Gasteiger partial charge < -0.3 is 25.6 Å². The number of carbonyl (C=O) groups is 3. The molecule has 0 aliphatic carbocycles. The van der Waals surface area contributed by atoms with Crippen LogP contribution >= 0.6 is 0 Å². The number of hydrogen-bond acceptors (Lipinski definition) is 6. The third-order valence-electron chi connectivity index (χ3n) is 8.72. The summed E-state index contributed by atoms with van der Waals surface area (Å²) < 4.78 is 5.26. The van der Waals surface area contributed by atoms with Gasteiger partial charge >= 0.3 is 5.97 Å². The number of unbranched alkanes of at least 4 members (excludes halogenated alkanes) is 1. The fraction of sp³-hybridized carbons (Fsp3) is 0.510. The van der Waals surface area contributed by atoms with E-state index in [0.29, 0.717) is 32.1 Å². The first kappa shape index (κ1) is 54.5. The molecule has 0 fully saturated rings. The molecule has 59 heavy (non-hydrogen) atoms.